The molecule has 0 aliphatic carbocycles. The molecule has 1 amide bonds. The van der Waals surface area contributed by atoms with Gasteiger partial charge in [0.15, 0.2) is 0 Å². The number of H-pyrrole nitrogens is 1. The summed E-state index contributed by atoms with van der Waals surface area (Å²) in [6.45, 7) is -0.0457. The number of hydrogen-bond acceptors (Lipinski definition) is 3. The molecule has 0 saturated carbocycles. The summed E-state index contributed by atoms with van der Waals surface area (Å²) >= 11 is 0. The van der Waals surface area contributed by atoms with Crippen molar-refractivity contribution >= 4 is 16.8 Å². The minimum Gasteiger partial charge on any atom is -0.396 e. The molecule has 24 heavy (non-hydrogen) atoms. The molecule has 0 saturated heterocycles. The van der Waals surface area contributed by atoms with E-state index in [4.69, 9.17) is 0 Å². The highest BCUT2D eigenvalue weighted by Gasteiger charge is 2.17. The molecule has 1 atom stereocenters. The molecular weight excluding hydrogens is 304 g/mol. The lowest BCUT2D eigenvalue weighted by Crippen LogP contribution is -2.30. The third kappa shape index (κ3) is 3.36. The molecule has 1 unspecified atom stereocenters. The van der Waals surface area contributed by atoms with Gasteiger partial charge in [-0.05, 0) is 18.1 Å². The summed E-state index contributed by atoms with van der Waals surface area (Å²) in [5.41, 5.74) is 1.54. The number of amides is 1. The summed E-state index contributed by atoms with van der Waals surface area (Å²) in [5, 5.41) is 12.9. The Morgan fingerprint density at radius 3 is 2.54 bits per heavy atom. The Balaban J connectivity index is 1.95. The van der Waals surface area contributed by atoms with E-state index in [9.17, 15) is 14.7 Å². The largest absolute Gasteiger partial charge is 0.396 e. The summed E-state index contributed by atoms with van der Waals surface area (Å²) in [6.07, 6.45) is 0.400. The molecule has 1 heterocycles. The molecule has 3 rings (SSSR count). The summed E-state index contributed by atoms with van der Waals surface area (Å²) in [4.78, 5) is 27.3. The van der Waals surface area contributed by atoms with Gasteiger partial charge >= 0.3 is 0 Å². The van der Waals surface area contributed by atoms with Crippen LogP contribution in [0.1, 0.15) is 28.4 Å². The van der Waals surface area contributed by atoms with E-state index in [1.807, 2.05) is 36.4 Å². The summed E-state index contributed by atoms with van der Waals surface area (Å²) in [5.74, 6) is -0.334. The quantitative estimate of drug-likeness (QED) is 0.674. The first kappa shape index (κ1) is 16.0. The van der Waals surface area contributed by atoms with E-state index in [-0.39, 0.29) is 24.1 Å². The van der Waals surface area contributed by atoms with Gasteiger partial charge in [0.05, 0.1) is 11.6 Å². The number of fused-ring (bicyclic) bond motifs is 1. The number of para-hydroxylation sites is 1. The topological polar surface area (TPSA) is 82.2 Å². The fourth-order valence-electron chi connectivity index (χ4n) is 2.77. The van der Waals surface area contributed by atoms with Gasteiger partial charge in [-0.2, -0.15) is 0 Å². The number of carbonyl (C=O) groups excluding carboxylic acids is 1. The Kier molecular flexibility index (Phi) is 4.72. The number of nitrogens with one attached hydrogen (secondary N) is 2. The van der Waals surface area contributed by atoms with Crippen molar-refractivity contribution in [2.75, 3.05) is 6.61 Å². The van der Waals surface area contributed by atoms with Crippen LogP contribution in [0.15, 0.2) is 65.5 Å². The monoisotopic (exact) mass is 322 g/mol. The molecule has 122 valence electrons. The van der Waals surface area contributed by atoms with Crippen LogP contribution in [0.2, 0.25) is 0 Å². The first-order chi connectivity index (χ1) is 11.7. The van der Waals surface area contributed by atoms with Gasteiger partial charge in [-0.25, -0.2) is 0 Å². The summed E-state index contributed by atoms with van der Waals surface area (Å²) in [6, 6.07) is 17.6. The van der Waals surface area contributed by atoms with Crippen LogP contribution >= 0.6 is 0 Å². The average molecular weight is 322 g/mol. The zero-order valence-corrected chi connectivity index (χ0v) is 13.0. The van der Waals surface area contributed by atoms with Crippen LogP contribution in [-0.4, -0.2) is 22.6 Å². The van der Waals surface area contributed by atoms with Gasteiger partial charge in [0.25, 0.3) is 5.91 Å². The number of aromatic amines is 1. The molecule has 5 nitrogen and oxygen atoms in total. The van der Waals surface area contributed by atoms with Crippen molar-refractivity contribution in [3.63, 3.8) is 0 Å². The Bertz CT molecular complexity index is 903. The maximum Gasteiger partial charge on any atom is 0.252 e. The van der Waals surface area contributed by atoms with Gasteiger partial charge in [-0.1, -0.05) is 48.5 Å². The fourth-order valence-corrected chi connectivity index (χ4v) is 2.77. The Labute approximate surface area is 139 Å². The molecule has 0 fully saturated rings. The van der Waals surface area contributed by atoms with Gasteiger partial charge in [0, 0.05) is 23.6 Å². The van der Waals surface area contributed by atoms with Crippen LogP contribution in [-0.2, 0) is 0 Å². The lowest BCUT2D eigenvalue weighted by Gasteiger charge is -2.19. The van der Waals surface area contributed by atoms with E-state index in [0.717, 1.165) is 5.56 Å². The number of rotatable bonds is 5. The molecule has 2 aromatic carbocycles. The first-order valence-corrected chi connectivity index (χ1v) is 7.78. The van der Waals surface area contributed by atoms with Crippen molar-refractivity contribution in [3.8, 4) is 0 Å². The lowest BCUT2D eigenvalue weighted by molar-refractivity contribution is 0.0931. The second-order valence-corrected chi connectivity index (χ2v) is 5.54. The fraction of sp³-hybridized carbons (Fsp3) is 0.158. The Morgan fingerprint density at radius 1 is 1.08 bits per heavy atom. The van der Waals surface area contributed by atoms with E-state index < -0.39 is 0 Å². The maximum absolute atomic E-state index is 12.7. The van der Waals surface area contributed by atoms with Gasteiger partial charge < -0.3 is 15.4 Å². The second kappa shape index (κ2) is 7.10. The lowest BCUT2D eigenvalue weighted by atomic mass is 10.0. The van der Waals surface area contributed by atoms with Crippen molar-refractivity contribution < 1.29 is 9.90 Å². The normalized spacial score (nSPS) is 12.0. The van der Waals surface area contributed by atoms with E-state index >= 15 is 0 Å². The number of hydrogen-bond donors (Lipinski definition) is 3. The van der Waals surface area contributed by atoms with Gasteiger partial charge in [-0.3, -0.25) is 9.59 Å². The molecule has 5 heteroatoms. The SMILES string of the molecule is O=C(NC(CCO)c1ccccc1)c1cc(=O)[nH]c2ccccc12. The van der Waals surface area contributed by atoms with E-state index in [1.54, 1.807) is 18.2 Å². The van der Waals surface area contributed by atoms with E-state index in [1.165, 1.54) is 6.07 Å². The predicted octanol–water partition coefficient (Wildman–Crippen LogP) is 2.38. The summed E-state index contributed by atoms with van der Waals surface area (Å²) < 4.78 is 0. The number of aromatic nitrogens is 1. The predicted molar refractivity (Wildman–Crippen MR) is 92.9 cm³/mol. The number of pyridine rings is 1. The van der Waals surface area contributed by atoms with Gasteiger partial charge in [0.2, 0.25) is 5.56 Å². The molecule has 0 aliphatic rings. The van der Waals surface area contributed by atoms with Crippen LogP contribution in [0.3, 0.4) is 0 Å². The van der Waals surface area contributed by atoms with E-state index in [0.29, 0.717) is 22.9 Å². The van der Waals surface area contributed by atoms with Crippen LogP contribution in [0.5, 0.6) is 0 Å². The minimum absolute atomic E-state index is 0.0457. The second-order valence-electron chi connectivity index (χ2n) is 5.54. The molecule has 0 aliphatic heterocycles. The number of carbonyl (C=O) groups is 1. The zero-order valence-electron chi connectivity index (χ0n) is 13.0. The van der Waals surface area contributed by atoms with Crippen molar-refractivity contribution in [2.24, 2.45) is 0 Å². The maximum atomic E-state index is 12.7. The number of aliphatic hydroxyl groups is 1. The van der Waals surface area contributed by atoms with Crippen LogP contribution < -0.4 is 10.9 Å². The first-order valence-electron chi connectivity index (χ1n) is 7.78. The molecule has 0 bridgehead atoms. The highest BCUT2D eigenvalue weighted by atomic mass is 16.3. The average Bonchev–Trinajstić information content (AvgIpc) is 2.61. The van der Waals surface area contributed by atoms with Crippen molar-refractivity contribution in [1.82, 2.24) is 10.3 Å². The minimum atomic E-state index is -0.334. The van der Waals surface area contributed by atoms with E-state index in [2.05, 4.69) is 10.3 Å². The molecule has 3 aromatic rings. The molecule has 3 N–H and O–H groups in total. The van der Waals surface area contributed by atoms with Gasteiger partial charge in [0.1, 0.15) is 0 Å². The number of benzene rings is 2. The molecule has 0 spiro atoms. The van der Waals surface area contributed by atoms with Crippen molar-refractivity contribution in [1.29, 1.82) is 0 Å². The standard InChI is InChI=1S/C19H18N2O3/c22-11-10-16(13-6-2-1-3-7-13)21-19(24)15-12-18(23)20-17-9-5-4-8-14(15)17/h1-9,12,16,22H,10-11H2,(H,20,23)(H,21,24). The Morgan fingerprint density at radius 2 is 1.79 bits per heavy atom. The Hall–Kier alpha value is -2.92. The highest BCUT2D eigenvalue weighted by molar-refractivity contribution is 6.06. The van der Waals surface area contributed by atoms with Crippen LogP contribution in [0.25, 0.3) is 10.9 Å². The summed E-state index contributed by atoms with van der Waals surface area (Å²) in [7, 11) is 0. The zero-order chi connectivity index (χ0) is 16.9. The third-order valence-corrected chi connectivity index (χ3v) is 3.92. The van der Waals surface area contributed by atoms with Crippen molar-refractivity contribution in [3.05, 3.63) is 82.1 Å². The van der Waals surface area contributed by atoms with Crippen LogP contribution in [0, 0.1) is 0 Å². The molecule has 0 radical (unpaired) electrons. The highest BCUT2D eigenvalue weighted by Crippen LogP contribution is 2.19. The number of aliphatic hydroxyl groups excluding tert-OH is 1. The molecule has 1 aromatic heterocycles. The van der Waals surface area contributed by atoms with Crippen LogP contribution in [0.4, 0.5) is 0 Å². The van der Waals surface area contributed by atoms with Crippen molar-refractivity contribution in [2.45, 2.75) is 12.5 Å². The molecular formula is C19H18N2O3. The third-order valence-electron chi connectivity index (χ3n) is 3.92. The smallest absolute Gasteiger partial charge is 0.252 e. The van der Waals surface area contributed by atoms with Gasteiger partial charge in [-0.15, -0.1) is 0 Å².